The van der Waals surface area contributed by atoms with Crippen LogP contribution in [0.3, 0.4) is 0 Å². The molecule has 5 fully saturated rings. The molecule has 5 unspecified atom stereocenters. The molecule has 0 radical (unpaired) electrons. The van der Waals surface area contributed by atoms with Crippen LogP contribution in [0, 0.1) is 26.7 Å². The Hall–Kier alpha value is -0.780. The normalized spacial score (nSPS) is 42.2. The number of rotatable bonds is 4. The molecule has 6 rings (SSSR count). The van der Waals surface area contributed by atoms with Gasteiger partial charge in [-0.1, -0.05) is 0 Å². The van der Waals surface area contributed by atoms with Crippen LogP contribution >= 0.6 is 22.6 Å². The van der Waals surface area contributed by atoms with Crippen molar-refractivity contribution >= 4 is 28.6 Å². The maximum Gasteiger partial charge on any atom is 0.344 e. The fraction of sp³-hybridized carbons (Fsp3) is 0.632. The summed E-state index contributed by atoms with van der Waals surface area (Å²) in [5.74, 6) is 3.10. The molecule has 0 aromatic heterocycles. The second-order valence-electron chi connectivity index (χ2n) is 8.22. The molecule has 1 aromatic carbocycles. The number of hydrogen-bond acceptors (Lipinski definition) is 3. The van der Waals surface area contributed by atoms with Crippen LogP contribution in [0.5, 0.6) is 5.75 Å². The fourth-order valence-corrected chi connectivity index (χ4v) is 6.79. The molecule has 23 heavy (non-hydrogen) atoms. The summed E-state index contributed by atoms with van der Waals surface area (Å²) in [6.45, 7) is 0.0219. The van der Waals surface area contributed by atoms with Gasteiger partial charge < -0.3 is 9.47 Å². The van der Waals surface area contributed by atoms with Crippen molar-refractivity contribution in [1.82, 2.24) is 0 Å². The highest BCUT2D eigenvalue weighted by Crippen LogP contribution is 2.76. The molecule has 0 heterocycles. The Bertz CT molecular complexity index is 651. The zero-order valence-corrected chi connectivity index (χ0v) is 15.3. The first-order valence-corrected chi connectivity index (χ1v) is 9.74. The summed E-state index contributed by atoms with van der Waals surface area (Å²) in [5, 5.41) is 0. The molecule has 4 bridgehead atoms. The van der Waals surface area contributed by atoms with Crippen LogP contribution in [-0.2, 0) is 9.53 Å². The highest BCUT2D eigenvalue weighted by atomic mass is 127. The van der Waals surface area contributed by atoms with Gasteiger partial charge in [-0.25, -0.2) is 4.79 Å². The predicted molar refractivity (Wildman–Crippen MR) is 94.1 cm³/mol. The van der Waals surface area contributed by atoms with Crippen molar-refractivity contribution < 1.29 is 14.3 Å². The molecule has 3 nitrogen and oxygen atoms in total. The van der Waals surface area contributed by atoms with Gasteiger partial charge in [0.1, 0.15) is 11.4 Å². The van der Waals surface area contributed by atoms with E-state index >= 15 is 0 Å². The summed E-state index contributed by atoms with van der Waals surface area (Å²) in [5.41, 5.74) is 0.383. The molecule has 4 heteroatoms. The number of fused-ring (bicyclic) bond motifs is 1. The SMILES string of the molecule is O=C(COc1ccc(I)cc1)OC12CC3CC4C(C1)CC4(C3)C2. The Morgan fingerprint density at radius 3 is 2.83 bits per heavy atom. The monoisotopic (exact) mass is 424 g/mol. The van der Waals surface area contributed by atoms with Gasteiger partial charge in [0.05, 0.1) is 0 Å². The maximum atomic E-state index is 12.3. The first-order chi connectivity index (χ1) is 11.1. The van der Waals surface area contributed by atoms with E-state index in [-0.39, 0.29) is 18.2 Å². The van der Waals surface area contributed by atoms with E-state index in [1.165, 1.54) is 19.3 Å². The molecule has 0 saturated heterocycles. The predicted octanol–water partition coefficient (Wildman–Crippen LogP) is 4.18. The Balaban J connectivity index is 1.24. The number of hydrogen-bond donors (Lipinski definition) is 0. The number of carbonyl (C=O) groups is 1. The lowest BCUT2D eigenvalue weighted by atomic mass is 9.44. The van der Waals surface area contributed by atoms with E-state index < -0.39 is 0 Å². The summed E-state index contributed by atoms with van der Waals surface area (Å²) in [4.78, 5) is 12.3. The van der Waals surface area contributed by atoms with Crippen molar-refractivity contribution in [1.29, 1.82) is 0 Å². The van der Waals surface area contributed by atoms with Gasteiger partial charge in [0.25, 0.3) is 0 Å². The van der Waals surface area contributed by atoms with Gasteiger partial charge in [-0.05, 0) is 109 Å². The van der Waals surface area contributed by atoms with Gasteiger partial charge in [0.15, 0.2) is 6.61 Å². The van der Waals surface area contributed by atoms with Gasteiger partial charge in [-0.3, -0.25) is 0 Å². The Kier molecular flexibility index (Phi) is 3.08. The molecular weight excluding hydrogens is 403 g/mol. The Labute approximate surface area is 150 Å². The molecular formula is C19H21IO3. The number of benzene rings is 1. The average molecular weight is 424 g/mol. The standard InChI is InChI=1S/C19H21IO3/c20-14-1-3-15(4-2-14)22-10-17(21)23-19-7-12-5-16-13(9-19)8-18(16,6-12)11-19/h1-4,12-13,16H,5-11H2. The zero-order chi connectivity index (χ0) is 15.7. The number of carbonyl (C=O) groups excluding carboxylic acids is 1. The summed E-state index contributed by atoms with van der Waals surface area (Å²) >= 11 is 2.25. The van der Waals surface area contributed by atoms with Crippen molar-refractivity contribution in [3.8, 4) is 5.75 Å². The number of esters is 1. The molecule has 1 aromatic rings. The van der Waals surface area contributed by atoms with Crippen LogP contribution in [0.1, 0.15) is 38.5 Å². The topological polar surface area (TPSA) is 35.5 Å². The molecule has 5 aliphatic carbocycles. The Morgan fingerprint density at radius 2 is 2.00 bits per heavy atom. The van der Waals surface area contributed by atoms with E-state index in [0.29, 0.717) is 5.41 Å². The Morgan fingerprint density at radius 1 is 1.17 bits per heavy atom. The third-order valence-electron chi connectivity index (χ3n) is 6.78. The van der Waals surface area contributed by atoms with Crippen molar-refractivity contribution in [2.45, 2.75) is 44.1 Å². The lowest BCUT2D eigenvalue weighted by molar-refractivity contribution is -0.212. The number of halogens is 1. The maximum absolute atomic E-state index is 12.3. The first kappa shape index (κ1) is 14.6. The molecule has 0 aliphatic heterocycles. The molecule has 5 atom stereocenters. The molecule has 5 saturated carbocycles. The van der Waals surface area contributed by atoms with Crippen molar-refractivity contribution in [2.24, 2.45) is 23.2 Å². The quantitative estimate of drug-likeness (QED) is 0.538. The van der Waals surface area contributed by atoms with E-state index in [4.69, 9.17) is 9.47 Å². The van der Waals surface area contributed by atoms with E-state index in [1.807, 2.05) is 24.3 Å². The van der Waals surface area contributed by atoms with E-state index in [2.05, 4.69) is 22.6 Å². The molecule has 0 amide bonds. The minimum Gasteiger partial charge on any atom is -0.482 e. The lowest BCUT2D eigenvalue weighted by Gasteiger charge is -2.63. The van der Waals surface area contributed by atoms with Crippen LogP contribution < -0.4 is 4.74 Å². The van der Waals surface area contributed by atoms with E-state index in [0.717, 1.165) is 46.3 Å². The zero-order valence-electron chi connectivity index (χ0n) is 13.1. The smallest absolute Gasteiger partial charge is 0.344 e. The van der Waals surface area contributed by atoms with Crippen LogP contribution in [-0.4, -0.2) is 18.2 Å². The molecule has 1 spiro atoms. The van der Waals surface area contributed by atoms with Crippen LogP contribution in [0.4, 0.5) is 0 Å². The second-order valence-corrected chi connectivity index (χ2v) is 9.47. The minimum absolute atomic E-state index is 0.0219. The summed E-state index contributed by atoms with van der Waals surface area (Å²) in [7, 11) is 0. The van der Waals surface area contributed by atoms with Gasteiger partial charge in [0, 0.05) is 3.57 Å². The highest BCUT2D eigenvalue weighted by molar-refractivity contribution is 14.1. The molecule has 5 aliphatic rings. The second kappa shape index (κ2) is 4.87. The van der Waals surface area contributed by atoms with E-state index in [1.54, 1.807) is 0 Å². The van der Waals surface area contributed by atoms with Crippen LogP contribution in [0.2, 0.25) is 0 Å². The molecule has 0 N–H and O–H groups in total. The summed E-state index contributed by atoms with van der Waals surface area (Å²) in [6.07, 6.45) is 7.50. The van der Waals surface area contributed by atoms with Crippen LogP contribution in [0.15, 0.2) is 24.3 Å². The average Bonchev–Trinajstić information content (AvgIpc) is 2.65. The highest BCUT2D eigenvalue weighted by Gasteiger charge is 2.70. The van der Waals surface area contributed by atoms with Crippen molar-refractivity contribution in [3.05, 3.63) is 27.8 Å². The van der Waals surface area contributed by atoms with Crippen molar-refractivity contribution in [3.63, 3.8) is 0 Å². The first-order valence-electron chi connectivity index (χ1n) is 8.66. The summed E-state index contributed by atoms with van der Waals surface area (Å²) < 4.78 is 12.8. The van der Waals surface area contributed by atoms with Crippen LogP contribution in [0.25, 0.3) is 0 Å². The van der Waals surface area contributed by atoms with Crippen molar-refractivity contribution in [2.75, 3.05) is 6.61 Å². The third-order valence-corrected chi connectivity index (χ3v) is 7.50. The third kappa shape index (κ3) is 2.24. The fourth-order valence-electron chi connectivity index (χ4n) is 6.43. The largest absolute Gasteiger partial charge is 0.482 e. The molecule has 122 valence electrons. The minimum atomic E-state index is -0.195. The van der Waals surface area contributed by atoms with Gasteiger partial charge >= 0.3 is 5.97 Å². The van der Waals surface area contributed by atoms with Gasteiger partial charge in [-0.2, -0.15) is 0 Å². The van der Waals surface area contributed by atoms with Gasteiger partial charge in [0.2, 0.25) is 0 Å². The summed E-state index contributed by atoms with van der Waals surface area (Å²) in [6, 6.07) is 7.75. The van der Waals surface area contributed by atoms with E-state index in [9.17, 15) is 4.79 Å². The number of ether oxygens (including phenoxy) is 2. The lowest BCUT2D eigenvalue weighted by Crippen LogP contribution is -2.60. The van der Waals surface area contributed by atoms with Gasteiger partial charge in [-0.15, -0.1) is 0 Å².